The van der Waals surface area contributed by atoms with Crippen LogP contribution in [0.25, 0.3) is 0 Å². The van der Waals surface area contributed by atoms with Crippen LogP contribution >= 0.6 is 12.4 Å². The molecule has 1 fully saturated rings. The number of benzene rings is 2. The van der Waals surface area contributed by atoms with E-state index in [4.69, 9.17) is 4.74 Å². The highest BCUT2D eigenvalue weighted by atomic mass is 35.5. The SMILES string of the molecule is Cl.O=C(OCC1CCN(Cc2ccccc2)CC1)c1ccc2c(c1)CCNCC2. The van der Waals surface area contributed by atoms with Crippen molar-refractivity contribution in [1.82, 2.24) is 10.2 Å². The number of carbonyl (C=O) groups is 1. The fraction of sp³-hybridized carbons (Fsp3) is 0.458. The molecule has 2 aliphatic rings. The van der Waals surface area contributed by atoms with Gasteiger partial charge in [-0.25, -0.2) is 4.79 Å². The highest BCUT2D eigenvalue weighted by Gasteiger charge is 2.21. The predicted molar refractivity (Wildman–Crippen MR) is 119 cm³/mol. The summed E-state index contributed by atoms with van der Waals surface area (Å²) in [5.41, 5.74) is 4.70. The molecule has 0 unspecified atom stereocenters. The Morgan fingerprint density at radius 3 is 2.48 bits per heavy atom. The van der Waals surface area contributed by atoms with Gasteiger partial charge in [0, 0.05) is 6.54 Å². The lowest BCUT2D eigenvalue weighted by atomic mass is 9.97. The van der Waals surface area contributed by atoms with Crippen LogP contribution in [0, 0.1) is 5.92 Å². The van der Waals surface area contributed by atoms with Crippen molar-refractivity contribution in [3.63, 3.8) is 0 Å². The molecule has 2 aliphatic heterocycles. The molecule has 0 spiro atoms. The van der Waals surface area contributed by atoms with E-state index in [2.05, 4.69) is 46.6 Å². The highest BCUT2D eigenvalue weighted by Crippen LogP contribution is 2.21. The van der Waals surface area contributed by atoms with Crippen LogP contribution in [-0.4, -0.2) is 43.7 Å². The number of ether oxygens (including phenoxy) is 1. The number of esters is 1. The average molecular weight is 415 g/mol. The van der Waals surface area contributed by atoms with Gasteiger partial charge in [0.05, 0.1) is 12.2 Å². The van der Waals surface area contributed by atoms with Crippen molar-refractivity contribution in [1.29, 1.82) is 0 Å². The van der Waals surface area contributed by atoms with Gasteiger partial charge < -0.3 is 10.1 Å². The van der Waals surface area contributed by atoms with Gasteiger partial charge in [-0.15, -0.1) is 12.4 Å². The van der Waals surface area contributed by atoms with E-state index >= 15 is 0 Å². The average Bonchev–Trinajstić information content (AvgIpc) is 2.98. The first-order chi connectivity index (χ1) is 13.8. The molecule has 29 heavy (non-hydrogen) atoms. The predicted octanol–water partition coefficient (Wildman–Crippen LogP) is 3.87. The minimum absolute atomic E-state index is 0. The maximum atomic E-state index is 12.5. The number of fused-ring (bicyclic) bond motifs is 1. The second-order valence-corrected chi connectivity index (χ2v) is 8.04. The van der Waals surface area contributed by atoms with Gasteiger partial charge in [-0.2, -0.15) is 0 Å². The van der Waals surface area contributed by atoms with Crippen molar-refractivity contribution >= 4 is 18.4 Å². The van der Waals surface area contributed by atoms with E-state index in [-0.39, 0.29) is 18.4 Å². The Morgan fingerprint density at radius 1 is 1.00 bits per heavy atom. The Bertz CT molecular complexity index is 789. The number of nitrogens with zero attached hydrogens (tertiary/aromatic N) is 1. The number of piperidine rings is 1. The fourth-order valence-corrected chi connectivity index (χ4v) is 4.23. The molecule has 2 aromatic rings. The smallest absolute Gasteiger partial charge is 0.338 e. The summed E-state index contributed by atoms with van der Waals surface area (Å²) in [6.07, 6.45) is 4.20. The summed E-state index contributed by atoms with van der Waals surface area (Å²) in [6, 6.07) is 16.7. The van der Waals surface area contributed by atoms with Crippen LogP contribution in [-0.2, 0) is 24.1 Å². The summed E-state index contributed by atoms with van der Waals surface area (Å²) in [6.45, 7) is 5.69. The number of rotatable bonds is 5. The molecule has 0 aromatic heterocycles. The number of hydrogen-bond donors (Lipinski definition) is 1. The van der Waals surface area contributed by atoms with E-state index in [1.54, 1.807) is 0 Å². The van der Waals surface area contributed by atoms with Gasteiger partial charge in [0.15, 0.2) is 0 Å². The van der Waals surface area contributed by atoms with Crippen molar-refractivity contribution in [2.45, 2.75) is 32.2 Å². The molecule has 1 N–H and O–H groups in total. The zero-order chi connectivity index (χ0) is 19.2. The lowest BCUT2D eigenvalue weighted by Gasteiger charge is -2.31. The van der Waals surface area contributed by atoms with Crippen molar-refractivity contribution < 1.29 is 9.53 Å². The quantitative estimate of drug-likeness (QED) is 0.754. The lowest BCUT2D eigenvalue weighted by Crippen LogP contribution is -2.35. The van der Waals surface area contributed by atoms with Crippen molar-refractivity contribution in [3.8, 4) is 0 Å². The molecule has 0 saturated carbocycles. The topological polar surface area (TPSA) is 41.6 Å². The molecule has 2 heterocycles. The van der Waals surface area contributed by atoms with Crippen LogP contribution < -0.4 is 5.32 Å². The van der Waals surface area contributed by atoms with E-state index in [0.717, 1.165) is 58.4 Å². The van der Waals surface area contributed by atoms with Crippen LogP contribution in [0.1, 0.15) is 39.9 Å². The highest BCUT2D eigenvalue weighted by molar-refractivity contribution is 5.89. The van der Waals surface area contributed by atoms with Gasteiger partial charge in [0.2, 0.25) is 0 Å². The normalized spacial score (nSPS) is 17.7. The molecule has 0 bridgehead atoms. The molecule has 0 aliphatic carbocycles. The van der Waals surface area contributed by atoms with Crippen molar-refractivity contribution in [2.75, 3.05) is 32.8 Å². The summed E-state index contributed by atoms with van der Waals surface area (Å²) in [4.78, 5) is 15.0. The molecular weight excluding hydrogens is 384 g/mol. The molecule has 1 saturated heterocycles. The third kappa shape index (κ3) is 6.05. The largest absolute Gasteiger partial charge is 0.462 e. The van der Waals surface area contributed by atoms with E-state index in [0.29, 0.717) is 18.1 Å². The monoisotopic (exact) mass is 414 g/mol. The molecular formula is C24H31ClN2O2. The van der Waals surface area contributed by atoms with Gasteiger partial charge in [-0.05, 0) is 86.6 Å². The van der Waals surface area contributed by atoms with Gasteiger partial charge in [-0.1, -0.05) is 36.4 Å². The number of nitrogens with one attached hydrogen (secondary N) is 1. The van der Waals surface area contributed by atoms with E-state index in [9.17, 15) is 4.79 Å². The van der Waals surface area contributed by atoms with Gasteiger partial charge in [0.25, 0.3) is 0 Å². The Labute approximate surface area is 180 Å². The number of hydrogen-bond acceptors (Lipinski definition) is 4. The van der Waals surface area contributed by atoms with E-state index in [1.165, 1.54) is 16.7 Å². The van der Waals surface area contributed by atoms with E-state index in [1.807, 2.05) is 12.1 Å². The molecule has 156 valence electrons. The number of likely N-dealkylation sites (tertiary alicyclic amines) is 1. The summed E-state index contributed by atoms with van der Waals surface area (Å²) in [7, 11) is 0. The van der Waals surface area contributed by atoms with Gasteiger partial charge >= 0.3 is 5.97 Å². The summed E-state index contributed by atoms with van der Waals surface area (Å²) in [5, 5.41) is 3.41. The number of carbonyl (C=O) groups excluding carboxylic acids is 1. The minimum Gasteiger partial charge on any atom is -0.462 e. The minimum atomic E-state index is -0.174. The molecule has 4 rings (SSSR count). The van der Waals surface area contributed by atoms with Crippen molar-refractivity contribution in [3.05, 3.63) is 70.8 Å². The van der Waals surface area contributed by atoms with E-state index < -0.39 is 0 Å². The third-order valence-electron chi connectivity index (χ3n) is 5.99. The zero-order valence-corrected chi connectivity index (χ0v) is 17.8. The first-order valence-corrected chi connectivity index (χ1v) is 10.5. The zero-order valence-electron chi connectivity index (χ0n) is 16.9. The van der Waals surface area contributed by atoms with Crippen LogP contribution in [0.2, 0.25) is 0 Å². The number of halogens is 1. The second kappa shape index (κ2) is 10.8. The second-order valence-electron chi connectivity index (χ2n) is 8.04. The van der Waals surface area contributed by atoms with Crippen LogP contribution in [0.3, 0.4) is 0 Å². The van der Waals surface area contributed by atoms with Crippen LogP contribution in [0.15, 0.2) is 48.5 Å². The van der Waals surface area contributed by atoms with Crippen LogP contribution in [0.4, 0.5) is 0 Å². The standard InChI is InChI=1S/C24H30N2O2.ClH/c27-24(23-7-6-21-8-12-25-13-9-22(21)16-23)28-18-20-10-14-26(15-11-20)17-19-4-2-1-3-5-19;/h1-7,16,20,25H,8-15,17-18H2;1H. The van der Waals surface area contributed by atoms with Crippen LogP contribution in [0.5, 0.6) is 0 Å². The summed E-state index contributed by atoms with van der Waals surface area (Å²) >= 11 is 0. The molecule has 0 radical (unpaired) electrons. The Hall–Kier alpha value is -1.88. The summed E-state index contributed by atoms with van der Waals surface area (Å²) < 4.78 is 5.67. The van der Waals surface area contributed by atoms with Gasteiger partial charge in [0.1, 0.15) is 0 Å². The first kappa shape index (κ1) is 21.8. The maximum absolute atomic E-state index is 12.5. The third-order valence-corrected chi connectivity index (χ3v) is 5.99. The fourth-order valence-electron chi connectivity index (χ4n) is 4.23. The maximum Gasteiger partial charge on any atom is 0.338 e. The Kier molecular flexibility index (Phi) is 8.10. The Balaban J connectivity index is 0.00000240. The molecule has 5 heteroatoms. The molecule has 0 atom stereocenters. The summed E-state index contributed by atoms with van der Waals surface area (Å²) in [5.74, 6) is 0.299. The van der Waals surface area contributed by atoms with Gasteiger partial charge in [-0.3, -0.25) is 4.90 Å². The molecule has 0 amide bonds. The lowest BCUT2D eigenvalue weighted by molar-refractivity contribution is 0.0368. The molecule has 4 nitrogen and oxygen atoms in total. The van der Waals surface area contributed by atoms with Crippen molar-refractivity contribution in [2.24, 2.45) is 5.92 Å². The first-order valence-electron chi connectivity index (χ1n) is 10.5. The Morgan fingerprint density at radius 2 is 1.72 bits per heavy atom. The molecule has 2 aromatic carbocycles.